The second-order valence-electron chi connectivity index (χ2n) is 11.9. The molecule has 5 aliphatic rings. The summed E-state index contributed by atoms with van der Waals surface area (Å²) in [5.41, 5.74) is 2.39. The molecule has 2 N–H and O–H groups in total. The molecular formula is C28H48O2. The molecule has 0 saturated heterocycles. The van der Waals surface area contributed by atoms with Crippen molar-refractivity contribution in [3.05, 3.63) is 11.6 Å². The first kappa shape index (κ1) is 22.8. The van der Waals surface area contributed by atoms with Crippen LogP contribution in [-0.4, -0.2) is 22.4 Å². The first-order valence-electron chi connectivity index (χ1n) is 13.5. The van der Waals surface area contributed by atoms with E-state index in [-0.39, 0.29) is 12.2 Å². The molecule has 2 heteroatoms. The zero-order valence-electron chi connectivity index (χ0n) is 20.2. The van der Waals surface area contributed by atoms with Crippen LogP contribution in [0.5, 0.6) is 0 Å². The molecule has 4 fully saturated rings. The molecule has 0 aromatic heterocycles. The molecule has 0 aromatic rings. The number of allylic oxidation sites excluding steroid dienone is 1. The van der Waals surface area contributed by atoms with Gasteiger partial charge in [0.25, 0.3) is 0 Å². The Hall–Kier alpha value is -0.340. The minimum absolute atomic E-state index is 0.0610. The van der Waals surface area contributed by atoms with Crippen LogP contribution >= 0.6 is 0 Å². The molecule has 5 aliphatic carbocycles. The van der Waals surface area contributed by atoms with E-state index in [1.807, 2.05) is 13.8 Å². The summed E-state index contributed by atoms with van der Waals surface area (Å²) in [5.74, 6) is 4.20. The quantitative estimate of drug-likeness (QED) is 0.479. The number of aliphatic hydroxyl groups excluding tert-OH is 2. The lowest BCUT2D eigenvalue weighted by Gasteiger charge is -2.58. The second-order valence-corrected chi connectivity index (χ2v) is 11.9. The van der Waals surface area contributed by atoms with Gasteiger partial charge in [0.1, 0.15) is 0 Å². The molecule has 4 saturated carbocycles. The SMILES string of the molecule is CC.CC12CCC(O)CC1=CCC1C2CCC2(C)C1CC[C@@H]2CC(O)CCC1CC1. The highest BCUT2D eigenvalue weighted by atomic mass is 16.3. The summed E-state index contributed by atoms with van der Waals surface area (Å²) in [6.07, 6.45) is 18.4. The Morgan fingerprint density at radius 2 is 1.77 bits per heavy atom. The van der Waals surface area contributed by atoms with Crippen molar-refractivity contribution >= 4 is 0 Å². The van der Waals surface area contributed by atoms with Gasteiger partial charge in [0.15, 0.2) is 0 Å². The van der Waals surface area contributed by atoms with Gasteiger partial charge in [-0.25, -0.2) is 0 Å². The lowest BCUT2D eigenvalue weighted by Crippen LogP contribution is -2.50. The summed E-state index contributed by atoms with van der Waals surface area (Å²) in [4.78, 5) is 0. The van der Waals surface area contributed by atoms with Crippen LogP contribution in [-0.2, 0) is 0 Å². The lowest BCUT2D eigenvalue weighted by molar-refractivity contribution is -0.0556. The van der Waals surface area contributed by atoms with Gasteiger partial charge in [-0.3, -0.25) is 0 Å². The Morgan fingerprint density at radius 3 is 2.50 bits per heavy atom. The monoisotopic (exact) mass is 416 g/mol. The summed E-state index contributed by atoms with van der Waals surface area (Å²) in [5, 5.41) is 20.9. The van der Waals surface area contributed by atoms with Gasteiger partial charge in [0.2, 0.25) is 0 Å². The third-order valence-corrected chi connectivity index (χ3v) is 10.4. The highest BCUT2D eigenvalue weighted by Gasteiger charge is 2.58. The van der Waals surface area contributed by atoms with E-state index in [0.717, 1.165) is 55.3 Å². The molecule has 30 heavy (non-hydrogen) atoms. The average molecular weight is 417 g/mol. The van der Waals surface area contributed by atoms with Crippen molar-refractivity contribution in [2.45, 2.75) is 123 Å². The van der Waals surface area contributed by atoms with E-state index >= 15 is 0 Å². The van der Waals surface area contributed by atoms with Crippen molar-refractivity contribution in [1.82, 2.24) is 0 Å². The number of hydrogen-bond donors (Lipinski definition) is 2. The van der Waals surface area contributed by atoms with E-state index in [1.165, 1.54) is 57.8 Å². The van der Waals surface area contributed by atoms with Crippen LogP contribution in [0.4, 0.5) is 0 Å². The second kappa shape index (κ2) is 8.89. The number of aliphatic hydroxyl groups is 2. The van der Waals surface area contributed by atoms with Gasteiger partial charge in [0, 0.05) is 0 Å². The van der Waals surface area contributed by atoms with Crippen molar-refractivity contribution in [3.63, 3.8) is 0 Å². The van der Waals surface area contributed by atoms with Crippen molar-refractivity contribution < 1.29 is 10.2 Å². The first-order valence-corrected chi connectivity index (χ1v) is 13.5. The van der Waals surface area contributed by atoms with Gasteiger partial charge in [-0.2, -0.15) is 0 Å². The fraction of sp³-hybridized carbons (Fsp3) is 0.929. The fourth-order valence-electron chi connectivity index (χ4n) is 8.42. The Labute approximate surface area is 185 Å². The zero-order valence-corrected chi connectivity index (χ0v) is 20.2. The molecule has 2 nitrogen and oxygen atoms in total. The van der Waals surface area contributed by atoms with Crippen molar-refractivity contribution in [2.75, 3.05) is 0 Å². The zero-order chi connectivity index (χ0) is 21.5. The van der Waals surface area contributed by atoms with Gasteiger partial charge in [-0.15, -0.1) is 0 Å². The van der Waals surface area contributed by atoms with Crippen LogP contribution in [0.3, 0.4) is 0 Å². The Kier molecular flexibility index (Phi) is 6.77. The molecule has 0 aromatic carbocycles. The predicted octanol–water partition coefficient (Wildman–Crippen LogP) is 6.89. The maximum Gasteiger partial charge on any atom is 0.0577 e. The van der Waals surface area contributed by atoms with Crippen molar-refractivity contribution in [3.8, 4) is 0 Å². The summed E-state index contributed by atoms with van der Waals surface area (Å²) in [6.45, 7) is 9.11. The minimum atomic E-state index is -0.0993. The standard InChI is InChI=1S/C26H42O2.C2H6/c1-25-13-11-21(28)16-18(25)6-9-22-23-10-7-19(26(23,2)14-12-24(22)25)15-20(27)8-5-17-3-4-17;1-2/h6,17,19-24,27-28H,3-5,7-16H2,1-2H3;1-2H3/t19-,20?,21?,22?,23?,24?,25?,26?;/m1./s1. The molecule has 0 bridgehead atoms. The molecule has 0 amide bonds. The highest BCUT2D eigenvalue weighted by Crippen LogP contribution is 2.66. The number of fused-ring (bicyclic) bond motifs is 5. The van der Waals surface area contributed by atoms with Gasteiger partial charge in [-0.1, -0.05) is 52.2 Å². The molecule has 0 heterocycles. The normalized spacial score (nSPS) is 45.9. The smallest absolute Gasteiger partial charge is 0.0577 e. The van der Waals surface area contributed by atoms with Crippen LogP contribution in [0, 0.1) is 40.4 Å². The number of rotatable bonds is 5. The Bertz CT molecular complexity index is 622. The molecule has 7 unspecified atom stereocenters. The van der Waals surface area contributed by atoms with E-state index < -0.39 is 0 Å². The summed E-state index contributed by atoms with van der Waals surface area (Å²) < 4.78 is 0. The molecule has 172 valence electrons. The fourth-order valence-corrected chi connectivity index (χ4v) is 8.42. The molecular weight excluding hydrogens is 368 g/mol. The third kappa shape index (κ3) is 4.05. The summed E-state index contributed by atoms with van der Waals surface area (Å²) in [7, 11) is 0. The van der Waals surface area contributed by atoms with Crippen LogP contribution in [0.1, 0.15) is 111 Å². The van der Waals surface area contributed by atoms with E-state index in [4.69, 9.17) is 0 Å². The molecule has 0 aliphatic heterocycles. The molecule has 0 radical (unpaired) electrons. The van der Waals surface area contributed by atoms with Crippen LogP contribution in [0.2, 0.25) is 0 Å². The summed E-state index contributed by atoms with van der Waals surface area (Å²) in [6, 6.07) is 0. The van der Waals surface area contributed by atoms with E-state index in [0.29, 0.717) is 10.8 Å². The predicted molar refractivity (Wildman–Crippen MR) is 125 cm³/mol. The molecule has 5 rings (SSSR count). The van der Waals surface area contributed by atoms with Gasteiger partial charge < -0.3 is 10.2 Å². The number of hydrogen-bond acceptors (Lipinski definition) is 2. The van der Waals surface area contributed by atoms with Crippen molar-refractivity contribution in [1.29, 1.82) is 0 Å². The van der Waals surface area contributed by atoms with Crippen LogP contribution in [0.25, 0.3) is 0 Å². The summed E-state index contributed by atoms with van der Waals surface area (Å²) >= 11 is 0. The largest absolute Gasteiger partial charge is 0.393 e. The highest BCUT2D eigenvalue weighted by molar-refractivity contribution is 5.25. The Morgan fingerprint density at radius 1 is 1.00 bits per heavy atom. The molecule has 8 atom stereocenters. The van der Waals surface area contributed by atoms with Gasteiger partial charge >= 0.3 is 0 Å². The van der Waals surface area contributed by atoms with Crippen LogP contribution < -0.4 is 0 Å². The van der Waals surface area contributed by atoms with Gasteiger partial charge in [0.05, 0.1) is 12.2 Å². The lowest BCUT2D eigenvalue weighted by atomic mass is 9.47. The maximum atomic E-state index is 10.7. The van der Waals surface area contributed by atoms with Crippen molar-refractivity contribution in [2.24, 2.45) is 40.4 Å². The van der Waals surface area contributed by atoms with E-state index in [2.05, 4.69) is 19.9 Å². The molecule has 0 spiro atoms. The first-order chi connectivity index (χ1) is 14.4. The minimum Gasteiger partial charge on any atom is -0.393 e. The third-order valence-electron chi connectivity index (χ3n) is 10.4. The van der Waals surface area contributed by atoms with E-state index in [1.54, 1.807) is 5.57 Å². The topological polar surface area (TPSA) is 40.5 Å². The maximum absolute atomic E-state index is 10.7. The average Bonchev–Trinajstić information content (AvgIpc) is 3.51. The van der Waals surface area contributed by atoms with E-state index in [9.17, 15) is 10.2 Å². The van der Waals surface area contributed by atoms with Gasteiger partial charge in [-0.05, 0) is 111 Å². The Balaban J connectivity index is 0.00000106. The van der Waals surface area contributed by atoms with Crippen LogP contribution in [0.15, 0.2) is 11.6 Å².